The van der Waals surface area contributed by atoms with E-state index >= 15 is 0 Å². The lowest BCUT2D eigenvalue weighted by Gasteiger charge is -2.23. The highest BCUT2D eigenvalue weighted by atomic mass is 16.6. The number of carbonyl (C=O) groups excluding carboxylic acids is 1. The number of primary amides is 1. The Labute approximate surface area is 118 Å². The van der Waals surface area contributed by atoms with E-state index in [4.69, 9.17) is 15.2 Å². The standard InChI is InChI=1S/C15H20N2O3/c1-15(2,20-14(16)18)7-3-9-19-12-5-4-11-6-8-17-13(11)10-12/h4-6,8,10,17H,3,7,9H2,1-2H3,(H2,16,18). The van der Waals surface area contributed by atoms with Crippen LogP contribution in [0.1, 0.15) is 26.7 Å². The Morgan fingerprint density at radius 1 is 1.35 bits per heavy atom. The second-order valence-electron chi connectivity index (χ2n) is 5.36. The zero-order valence-corrected chi connectivity index (χ0v) is 11.8. The SMILES string of the molecule is CC(C)(CCCOc1ccc2cc[nH]c2c1)OC(N)=O. The number of aromatic amines is 1. The predicted octanol–water partition coefficient (Wildman–Crippen LogP) is 3.20. The lowest BCUT2D eigenvalue weighted by atomic mass is 10.0. The molecule has 0 fully saturated rings. The summed E-state index contributed by atoms with van der Waals surface area (Å²) in [5.41, 5.74) is 5.52. The molecule has 0 saturated carbocycles. The van der Waals surface area contributed by atoms with E-state index in [-0.39, 0.29) is 0 Å². The van der Waals surface area contributed by atoms with Crippen LogP contribution >= 0.6 is 0 Å². The molecule has 0 radical (unpaired) electrons. The van der Waals surface area contributed by atoms with Crippen molar-refractivity contribution in [3.63, 3.8) is 0 Å². The fourth-order valence-electron chi connectivity index (χ4n) is 2.13. The first-order valence-electron chi connectivity index (χ1n) is 6.65. The quantitative estimate of drug-likeness (QED) is 0.795. The molecule has 1 aromatic heterocycles. The summed E-state index contributed by atoms with van der Waals surface area (Å²) in [7, 11) is 0. The number of benzene rings is 1. The summed E-state index contributed by atoms with van der Waals surface area (Å²) in [5.74, 6) is 0.827. The second kappa shape index (κ2) is 5.86. The van der Waals surface area contributed by atoms with E-state index < -0.39 is 11.7 Å². The van der Waals surface area contributed by atoms with Gasteiger partial charge in [0.2, 0.25) is 0 Å². The normalized spacial score (nSPS) is 11.5. The van der Waals surface area contributed by atoms with Crippen molar-refractivity contribution >= 4 is 17.0 Å². The van der Waals surface area contributed by atoms with Crippen molar-refractivity contribution in [3.8, 4) is 5.75 Å². The lowest BCUT2D eigenvalue weighted by Crippen LogP contribution is -2.31. The topological polar surface area (TPSA) is 77.3 Å². The summed E-state index contributed by atoms with van der Waals surface area (Å²) in [6.45, 7) is 4.24. The molecule has 3 N–H and O–H groups in total. The maximum Gasteiger partial charge on any atom is 0.405 e. The fourth-order valence-corrected chi connectivity index (χ4v) is 2.13. The van der Waals surface area contributed by atoms with Gasteiger partial charge in [0.05, 0.1) is 6.61 Å². The number of H-pyrrole nitrogens is 1. The number of hydrogen-bond donors (Lipinski definition) is 2. The first-order valence-corrected chi connectivity index (χ1v) is 6.65. The minimum Gasteiger partial charge on any atom is -0.494 e. The molecule has 0 bridgehead atoms. The predicted molar refractivity (Wildman–Crippen MR) is 77.8 cm³/mol. The van der Waals surface area contributed by atoms with Gasteiger partial charge in [-0.05, 0) is 50.3 Å². The number of nitrogens with one attached hydrogen (secondary N) is 1. The summed E-state index contributed by atoms with van der Waals surface area (Å²) in [4.78, 5) is 13.9. The number of aromatic nitrogens is 1. The third-order valence-corrected chi connectivity index (χ3v) is 3.10. The van der Waals surface area contributed by atoms with Gasteiger partial charge in [-0.25, -0.2) is 4.79 Å². The molecule has 1 aromatic carbocycles. The van der Waals surface area contributed by atoms with Gasteiger partial charge in [0.25, 0.3) is 0 Å². The molecule has 1 amide bonds. The number of carbonyl (C=O) groups is 1. The Morgan fingerprint density at radius 3 is 2.90 bits per heavy atom. The average Bonchev–Trinajstić information content (AvgIpc) is 2.80. The molecule has 0 aliphatic carbocycles. The molecule has 0 aliphatic heterocycles. The Balaban J connectivity index is 1.79. The molecule has 0 unspecified atom stereocenters. The van der Waals surface area contributed by atoms with E-state index in [1.807, 2.05) is 44.3 Å². The number of rotatable bonds is 6. The van der Waals surface area contributed by atoms with Crippen molar-refractivity contribution in [3.05, 3.63) is 30.5 Å². The molecular weight excluding hydrogens is 256 g/mol. The Hall–Kier alpha value is -2.17. The minimum atomic E-state index is -0.742. The van der Waals surface area contributed by atoms with Crippen LogP contribution < -0.4 is 10.5 Å². The highest BCUT2D eigenvalue weighted by Crippen LogP contribution is 2.21. The van der Waals surface area contributed by atoms with Gasteiger partial charge in [0, 0.05) is 17.8 Å². The van der Waals surface area contributed by atoms with Crippen LogP contribution in [0.25, 0.3) is 10.9 Å². The molecule has 1 heterocycles. The van der Waals surface area contributed by atoms with E-state index in [0.29, 0.717) is 13.0 Å². The smallest absolute Gasteiger partial charge is 0.405 e. The van der Waals surface area contributed by atoms with Crippen molar-refractivity contribution in [1.29, 1.82) is 0 Å². The number of amides is 1. The molecule has 108 valence electrons. The third-order valence-electron chi connectivity index (χ3n) is 3.10. The van der Waals surface area contributed by atoms with Gasteiger partial charge in [-0.1, -0.05) is 0 Å². The van der Waals surface area contributed by atoms with Crippen LogP contribution in [0.3, 0.4) is 0 Å². The Morgan fingerprint density at radius 2 is 2.15 bits per heavy atom. The minimum absolute atomic E-state index is 0.557. The maximum atomic E-state index is 10.7. The molecule has 2 rings (SSSR count). The first kappa shape index (κ1) is 14.2. The number of hydrogen-bond acceptors (Lipinski definition) is 3. The number of nitrogens with two attached hydrogens (primary N) is 1. The first-order chi connectivity index (χ1) is 9.46. The van der Waals surface area contributed by atoms with Gasteiger partial charge in [0.15, 0.2) is 0 Å². The third kappa shape index (κ3) is 3.91. The largest absolute Gasteiger partial charge is 0.494 e. The van der Waals surface area contributed by atoms with E-state index in [1.165, 1.54) is 0 Å². The molecule has 0 saturated heterocycles. The van der Waals surface area contributed by atoms with Crippen molar-refractivity contribution in [2.24, 2.45) is 5.73 Å². The zero-order chi connectivity index (χ0) is 14.6. The summed E-state index contributed by atoms with van der Waals surface area (Å²) >= 11 is 0. The molecule has 2 aromatic rings. The lowest BCUT2D eigenvalue weighted by molar-refractivity contribution is 0.0349. The summed E-state index contributed by atoms with van der Waals surface area (Å²) < 4.78 is 10.7. The highest BCUT2D eigenvalue weighted by molar-refractivity contribution is 5.80. The van der Waals surface area contributed by atoms with Crippen LogP contribution in [0.2, 0.25) is 0 Å². The van der Waals surface area contributed by atoms with E-state index in [0.717, 1.165) is 23.1 Å². The van der Waals surface area contributed by atoms with Gasteiger partial charge in [-0.3, -0.25) is 0 Å². The van der Waals surface area contributed by atoms with Crippen LogP contribution in [0.5, 0.6) is 5.75 Å². The fraction of sp³-hybridized carbons (Fsp3) is 0.400. The van der Waals surface area contributed by atoms with Crippen molar-refractivity contribution in [2.45, 2.75) is 32.3 Å². The van der Waals surface area contributed by atoms with Crippen molar-refractivity contribution in [1.82, 2.24) is 4.98 Å². The molecule has 20 heavy (non-hydrogen) atoms. The number of fused-ring (bicyclic) bond motifs is 1. The molecule has 5 nitrogen and oxygen atoms in total. The monoisotopic (exact) mass is 276 g/mol. The van der Waals surface area contributed by atoms with Crippen molar-refractivity contribution < 1.29 is 14.3 Å². The molecule has 0 spiro atoms. The van der Waals surface area contributed by atoms with Crippen LogP contribution in [-0.4, -0.2) is 23.3 Å². The van der Waals surface area contributed by atoms with Gasteiger partial charge < -0.3 is 20.2 Å². The molecular formula is C15H20N2O3. The number of ether oxygens (including phenoxy) is 2. The molecule has 5 heteroatoms. The summed E-state index contributed by atoms with van der Waals surface area (Å²) in [6, 6.07) is 7.95. The van der Waals surface area contributed by atoms with Gasteiger partial charge >= 0.3 is 6.09 Å². The molecule has 0 aliphatic rings. The maximum absolute atomic E-state index is 10.7. The van der Waals surface area contributed by atoms with E-state index in [1.54, 1.807) is 0 Å². The molecule has 0 atom stereocenters. The van der Waals surface area contributed by atoms with E-state index in [2.05, 4.69) is 4.98 Å². The summed E-state index contributed by atoms with van der Waals surface area (Å²) in [5, 5.41) is 1.16. The Bertz CT molecular complexity index is 590. The van der Waals surface area contributed by atoms with Crippen LogP contribution in [0, 0.1) is 0 Å². The van der Waals surface area contributed by atoms with Crippen LogP contribution in [0.4, 0.5) is 4.79 Å². The highest BCUT2D eigenvalue weighted by Gasteiger charge is 2.20. The van der Waals surface area contributed by atoms with Crippen LogP contribution in [0.15, 0.2) is 30.5 Å². The van der Waals surface area contributed by atoms with E-state index in [9.17, 15) is 4.79 Å². The van der Waals surface area contributed by atoms with Gasteiger partial charge in [0.1, 0.15) is 11.4 Å². The Kier molecular flexibility index (Phi) is 4.17. The van der Waals surface area contributed by atoms with Crippen LogP contribution in [-0.2, 0) is 4.74 Å². The van der Waals surface area contributed by atoms with Crippen molar-refractivity contribution in [2.75, 3.05) is 6.61 Å². The van der Waals surface area contributed by atoms with Gasteiger partial charge in [-0.15, -0.1) is 0 Å². The second-order valence-corrected chi connectivity index (χ2v) is 5.36. The van der Waals surface area contributed by atoms with Gasteiger partial charge in [-0.2, -0.15) is 0 Å². The summed E-state index contributed by atoms with van der Waals surface area (Å²) in [6.07, 6.45) is 2.63. The average molecular weight is 276 g/mol. The zero-order valence-electron chi connectivity index (χ0n) is 11.8.